The summed E-state index contributed by atoms with van der Waals surface area (Å²) in [5, 5.41) is 12.2. The quantitative estimate of drug-likeness (QED) is 0.495. The van der Waals surface area contributed by atoms with Crippen LogP contribution in [0.4, 0.5) is 0 Å². The van der Waals surface area contributed by atoms with Crippen molar-refractivity contribution in [3.05, 3.63) is 72.1 Å². The van der Waals surface area contributed by atoms with Crippen LogP contribution in [-0.4, -0.2) is 15.9 Å². The third kappa shape index (κ3) is 3.01. The molecule has 0 aliphatic rings. The average molecular weight is 224 g/mol. The van der Waals surface area contributed by atoms with Gasteiger partial charge in [-0.2, -0.15) is 0 Å². The maximum atomic E-state index is 8.97. The summed E-state index contributed by atoms with van der Waals surface area (Å²) in [5.41, 5.74) is 2.32. The van der Waals surface area contributed by atoms with Crippen LogP contribution in [0.3, 0.4) is 0 Å². The highest BCUT2D eigenvalue weighted by Crippen LogP contribution is 2.05. The molecule has 0 aliphatic carbocycles. The molecule has 3 heteroatoms. The summed E-state index contributed by atoms with van der Waals surface area (Å²) in [6, 6.07) is 13.5. The van der Waals surface area contributed by atoms with E-state index in [1.807, 2.05) is 42.5 Å². The molecule has 1 N–H and O–H groups in total. The van der Waals surface area contributed by atoms with Crippen LogP contribution >= 0.6 is 0 Å². The molecule has 0 bridgehead atoms. The maximum absolute atomic E-state index is 8.97. The molecule has 0 saturated heterocycles. The van der Waals surface area contributed by atoms with Crippen molar-refractivity contribution >= 4 is 11.8 Å². The maximum Gasteiger partial charge on any atom is 0.111 e. The van der Waals surface area contributed by atoms with Crippen molar-refractivity contribution in [3.63, 3.8) is 0 Å². The van der Waals surface area contributed by atoms with Gasteiger partial charge in [-0.15, -0.1) is 0 Å². The number of benzene rings is 1. The molecule has 2 aromatic rings. The van der Waals surface area contributed by atoms with Gasteiger partial charge in [-0.05, 0) is 23.8 Å². The Labute approximate surface area is 99.8 Å². The minimum Gasteiger partial charge on any atom is -0.410 e. The van der Waals surface area contributed by atoms with Gasteiger partial charge < -0.3 is 5.21 Å². The molecule has 1 aromatic heterocycles. The van der Waals surface area contributed by atoms with Gasteiger partial charge in [-0.25, -0.2) is 0 Å². The Kier molecular flexibility index (Phi) is 3.65. The summed E-state index contributed by atoms with van der Waals surface area (Å²) in [6.45, 7) is 0. The molecular weight excluding hydrogens is 212 g/mol. The van der Waals surface area contributed by atoms with E-state index in [1.165, 1.54) is 0 Å². The highest BCUT2D eigenvalue weighted by molar-refractivity contribution is 6.10. The lowest BCUT2D eigenvalue weighted by atomic mass is 10.1. The number of aromatic nitrogens is 1. The minimum atomic E-state index is 0.488. The fourth-order valence-electron chi connectivity index (χ4n) is 1.44. The van der Waals surface area contributed by atoms with Crippen LogP contribution in [0, 0.1) is 0 Å². The fraction of sp³-hybridized carbons (Fsp3) is 0. The highest BCUT2D eigenvalue weighted by Gasteiger charge is 1.99. The lowest BCUT2D eigenvalue weighted by molar-refractivity contribution is 0.320. The number of pyridine rings is 1. The van der Waals surface area contributed by atoms with Crippen molar-refractivity contribution in [1.82, 2.24) is 4.98 Å². The Balaban J connectivity index is 2.20. The first-order valence-electron chi connectivity index (χ1n) is 5.26. The fourth-order valence-corrected chi connectivity index (χ4v) is 1.44. The number of rotatable bonds is 3. The van der Waals surface area contributed by atoms with E-state index < -0.39 is 0 Å². The second kappa shape index (κ2) is 5.61. The van der Waals surface area contributed by atoms with Crippen LogP contribution in [0.5, 0.6) is 0 Å². The van der Waals surface area contributed by atoms with E-state index in [-0.39, 0.29) is 0 Å². The van der Waals surface area contributed by atoms with E-state index in [0.29, 0.717) is 5.71 Å². The lowest BCUT2D eigenvalue weighted by Gasteiger charge is -1.97. The lowest BCUT2D eigenvalue weighted by Crippen LogP contribution is -1.96. The standard InChI is InChI=1S/C14H12N2O/c17-16-14(13-7-4-10-15-11-13)9-8-12-5-2-1-3-6-12/h1-11,17H/b9-8+,16-14-. The largest absolute Gasteiger partial charge is 0.410 e. The van der Waals surface area contributed by atoms with Crippen molar-refractivity contribution in [3.8, 4) is 0 Å². The number of nitrogens with zero attached hydrogens (tertiary/aromatic N) is 2. The third-order valence-corrected chi connectivity index (χ3v) is 2.30. The summed E-state index contributed by atoms with van der Waals surface area (Å²) < 4.78 is 0. The highest BCUT2D eigenvalue weighted by atomic mass is 16.4. The molecule has 0 amide bonds. The number of allylic oxidation sites excluding steroid dienone is 1. The normalized spacial score (nSPS) is 11.9. The second-order valence-electron chi connectivity index (χ2n) is 3.47. The Bertz CT molecular complexity index is 518. The molecule has 1 heterocycles. The minimum absolute atomic E-state index is 0.488. The average Bonchev–Trinajstić information content (AvgIpc) is 2.42. The predicted octanol–water partition coefficient (Wildman–Crippen LogP) is 2.97. The first-order chi connectivity index (χ1) is 8.40. The molecule has 3 nitrogen and oxygen atoms in total. The van der Waals surface area contributed by atoms with Crippen molar-refractivity contribution in [2.24, 2.45) is 5.16 Å². The Morgan fingerprint density at radius 1 is 1.12 bits per heavy atom. The van der Waals surface area contributed by atoms with Crippen LogP contribution < -0.4 is 0 Å². The van der Waals surface area contributed by atoms with Crippen LogP contribution in [0.25, 0.3) is 6.08 Å². The molecule has 0 saturated carbocycles. The van der Waals surface area contributed by atoms with Gasteiger partial charge in [0.15, 0.2) is 0 Å². The van der Waals surface area contributed by atoms with Gasteiger partial charge in [0.1, 0.15) is 5.71 Å². The molecule has 17 heavy (non-hydrogen) atoms. The second-order valence-corrected chi connectivity index (χ2v) is 3.47. The molecule has 0 fully saturated rings. The molecule has 0 radical (unpaired) electrons. The van der Waals surface area contributed by atoms with Gasteiger partial charge in [-0.1, -0.05) is 41.6 Å². The zero-order valence-corrected chi connectivity index (χ0v) is 9.19. The molecule has 0 unspecified atom stereocenters. The number of hydrogen-bond acceptors (Lipinski definition) is 3. The zero-order chi connectivity index (χ0) is 11.9. The van der Waals surface area contributed by atoms with Crippen LogP contribution in [0.2, 0.25) is 0 Å². The van der Waals surface area contributed by atoms with Gasteiger partial charge in [0, 0.05) is 18.0 Å². The third-order valence-electron chi connectivity index (χ3n) is 2.30. The smallest absolute Gasteiger partial charge is 0.111 e. The Morgan fingerprint density at radius 2 is 1.94 bits per heavy atom. The van der Waals surface area contributed by atoms with Crippen LogP contribution in [-0.2, 0) is 0 Å². The number of hydrogen-bond donors (Lipinski definition) is 1. The van der Waals surface area contributed by atoms with Gasteiger partial charge in [-0.3, -0.25) is 4.98 Å². The first kappa shape index (κ1) is 11.1. The van der Waals surface area contributed by atoms with Crippen molar-refractivity contribution in [1.29, 1.82) is 0 Å². The summed E-state index contributed by atoms with van der Waals surface area (Å²) in [6.07, 6.45) is 6.98. The molecule has 0 aliphatic heterocycles. The van der Waals surface area contributed by atoms with Gasteiger partial charge >= 0.3 is 0 Å². The molecule has 0 spiro atoms. The van der Waals surface area contributed by atoms with E-state index in [0.717, 1.165) is 11.1 Å². The molecule has 84 valence electrons. The van der Waals surface area contributed by atoms with Crippen molar-refractivity contribution in [2.75, 3.05) is 0 Å². The van der Waals surface area contributed by atoms with Crippen molar-refractivity contribution in [2.45, 2.75) is 0 Å². The van der Waals surface area contributed by atoms with E-state index in [2.05, 4.69) is 10.1 Å². The van der Waals surface area contributed by atoms with E-state index >= 15 is 0 Å². The SMILES string of the molecule is O/N=C(/C=C/c1ccccc1)c1cccnc1. The van der Waals surface area contributed by atoms with E-state index in [9.17, 15) is 0 Å². The van der Waals surface area contributed by atoms with Crippen molar-refractivity contribution < 1.29 is 5.21 Å². The molecule has 2 rings (SSSR count). The Morgan fingerprint density at radius 3 is 2.59 bits per heavy atom. The topological polar surface area (TPSA) is 45.5 Å². The van der Waals surface area contributed by atoms with Gasteiger partial charge in [0.2, 0.25) is 0 Å². The molecular formula is C14H12N2O. The summed E-state index contributed by atoms with van der Waals surface area (Å²) in [4.78, 5) is 3.98. The van der Waals surface area contributed by atoms with Gasteiger partial charge in [0.05, 0.1) is 0 Å². The monoisotopic (exact) mass is 224 g/mol. The van der Waals surface area contributed by atoms with Gasteiger partial charge in [0.25, 0.3) is 0 Å². The molecule has 1 aromatic carbocycles. The summed E-state index contributed by atoms with van der Waals surface area (Å²) >= 11 is 0. The van der Waals surface area contributed by atoms with E-state index in [1.54, 1.807) is 24.5 Å². The summed E-state index contributed by atoms with van der Waals surface area (Å²) in [5.74, 6) is 0. The van der Waals surface area contributed by atoms with E-state index in [4.69, 9.17) is 5.21 Å². The summed E-state index contributed by atoms with van der Waals surface area (Å²) in [7, 11) is 0. The molecule has 0 atom stereocenters. The number of oxime groups is 1. The predicted molar refractivity (Wildman–Crippen MR) is 68.0 cm³/mol. The van der Waals surface area contributed by atoms with Crippen LogP contribution in [0.15, 0.2) is 66.1 Å². The van der Waals surface area contributed by atoms with Crippen LogP contribution in [0.1, 0.15) is 11.1 Å². The Hall–Kier alpha value is -2.42. The first-order valence-corrected chi connectivity index (χ1v) is 5.26. The zero-order valence-electron chi connectivity index (χ0n) is 9.19.